The highest BCUT2D eigenvalue weighted by Gasteiger charge is 2.23. The van der Waals surface area contributed by atoms with E-state index < -0.39 is 0 Å². The van der Waals surface area contributed by atoms with Crippen molar-refractivity contribution in [3.63, 3.8) is 0 Å². The van der Waals surface area contributed by atoms with Crippen LogP contribution in [0.1, 0.15) is 18.2 Å². The van der Waals surface area contributed by atoms with Gasteiger partial charge in [0.15, 0.2) is 10.9 Å². The zero-order chi connectivity index (χ0) is 22.2. The zero-order valence-corrected chi connectivity index (χ0v) is 18.2. The summed E-state index contributed by atoms with van der Waals surface area (Å²) in [5, 5.41) is 12.7. The van der Waals surface area contributed by atoms with Crippen LogP contribution in [-0.4, -0.2) is 69.9 Å². The van der Waals surface area contributed by atoms with Crippen LogP contribution in [0, 0.1) is 6.92 Å². The number of hydroxylamine groups is 1. The minimum absolute atomic E-state index is 0.0733. The van der Waals surface area contributed by atoms with Crippen LogP contribution < -0.4 is 15.7 Å². The molecule has 0 saturated carbocycles. The molecule has 0 spiro atoms. The van der Waals surface area contributed by atoms with Crippen LogP contribution in [0.5, 0.6) is 0 Å². The fourth-order valence-electron chi connectivity index (χ4n) is 2.98. The molecule has 31 heavy (non-hydrogen) atoms. The molecule has 1 fully saturated rings. The molecular formula is C20H25N7O3S. The van der Waals surface area contributed by atoms with Crippen LogP contribution in [0.15, 0.2) is 41.7 Å². The maximum atomic E-state index is 11.9. The number of aliphatic imine (C=N–C) groups is 1. The number of aromatic nitrogens is 2. The molecule has 0 radical (unpaired) electrons. The van der Waals surface area contributed by atoms with Gasteiger partial charge in [0.1, 0.15) is 11.5 Å². The number of hydrogen-bond acceptors (Lipinski definition) is 7. The van der Waals surface area contributed by atoms with Crippen molar-refractivity contribution in [3.8, 4) is 0 Å². The summed E-state index contributed by atoms with van der Waals surface area (Å²) in [5.41, 5.74) is 4.30. The van der Waals surface area contributed by atoms with E-state index in [2.05, 4.69) is 20.3 Å². The first kappa shape index (κ1) is 22.4. The quantitative estimate of drug-likeness (QED) is 0.283. The van der Waals surface area contributed by atoms with Gasteiger partial charge in [-0.25, -0.2) is 9.78 Å². The van der Waals surface area contributed by atoms with Gasteiger partial charge in [-0.1, -0.05) is 17.7 Å². The number of nitrogens with one attached hydrogen (secondary N) is 2. The smallest absolute Gasteiger partial charge is 0.409 e. The number of rotatable bonds is 4. The molecular weight excluding hydrogens is 418 g/mol. The Balaban J connectivity index is 1.67. The van der Waals surface area contributed by atoms with Crippen LogP contribution in [0.4, 0.5) is 16.3 Å². The van der Waals surface area contributed by atoms with Gasteiger partial charge >= 0.3 is 6.09 Å². The number of aryl methyl sites for hydroxylation is 1. The first-order chi connectivity index (χ1) is 15.0. The highest BCUT2D eigenvalue weighted by atomic mass is 32.1. The molecule has 2 aromatic rings. The van der Waals surface area contributed by atoms with Crippen LogP contribution in [0.25, 0.3) is 0 Å². The third kappa shape index (κ3) is 6.09. The Morgan fingerprint density at radius 3 is 2.58 bits per heavy atom. The van der Waals surface area contributed by atoms with Crippen LogP contribution >= 0.6 is 12.2 Å². The largest absolute Gasteiger partial charge is 0.450 e. The lowest BCUT2D eigenvalue weighted by molar-refractivity contribution is 0.105. The van der Waals surface area contributed by atoms with Gasteiger partial charge in [0.25, 0.3) is 0 Å². The summed E-state index contributed by atoms with van der Waals surface area (Å²) in [6, 6.07) is 7.69. The lowest BCUT2D eigenvalue weighted by Gasteiger charge is -2.34. The Morgan fingerprint density at radius 2 is 1.94 bits per heavy atom. The molecule has 164 valence electrons. The number of amides is 1. The predicted octanol–water partition coefficient (Wildman–Crippen LogP) is 2.19. The summed E-state index contributed by atoms with van der Waals surface area (Å²) in [6.07, 6.45) is 2.80. The molecule has 0 aliphatic carbocycles. The van der Waals surface area contributed by atoms with Crippen molar-refractivity contribution in [3.05, 3.63) is 47.9 Å². The van der Waals surface area contributed by atoms with Crippen LogP contribution in [0.3, 0.4) is 0 Å². The summed E-state index contributed by atoms with van der Waals surface area (Å²) in [4.78, 5) is 28.5. The van der Waals surface area contributed by atoms with Crippen molar-refractivity contribution in [2.75, 3.05) is 43.0 Å². The van der Waals surface area contributed by atoms with Gasteiger partial charge < -0.3 is 19.9 Å². The Morgan fingerprint density at radius 1 is 1.23 bits per heavy atom. The SMILES string of the molecule is CCOC(=O)N1CCN(c2cncc(/C(=N/C(=S)Nc3ccc(C)cc3)NO)n2)CC1. The third-order valence-corrected chi connectivity index (χ3v) is 4.81. The maximum Gasteiger partial charge on any atom is 0.409 e. The number of piperazine rings is 1. The Hall–Kier alpha value is -3.31. The van der Waals surface area contributed by atoms with Crippen molar-refractivity contribution >= 4 is 40.8 Å². The topological polar surface area (TPSA) is 115 Å². The molecule has 0 unspecified atom stereocenters. The predicted molar refractivity (Wildman–Crippen MR) is 122 cm³/mol. The number of ether oxygens (including phenoxy) is 1. The third-order valence-electron chi connectivity index (χ3n) is 4.62. The van der Waals surface area contributed by atoms with E-state index in [1.165, 1.54) is 6.20 Å². The molecule has 1 aromatic heterocycles. The standard InChI is InChI=1S/C20H25N7O3S/c1-3-30-20(28)27-10-8-26(9-11-27)17-13-21-12-16(23-17)18(25-29)24-19(31)22-15-6-4-14(2)5-7-15/h4-7,12-13,29H,3,8-11H2,1-2H3,(H2,22,24,25,31). The molecule has 1 aromatic carbocycles. The monoisotopic (exact) mass is 443 g/mol. The average Bonchev–Trinajstić information content (AvgIpc) is 2.79. The maximum absolute atomic E-state index is 11.9. The van der Waals surface area contributed by atoms with E-state index in [0.717, 1.165) is 11.3 Å². The van der Waals surface area contributed by atoms with Gasteiger partial charge in [0.2, 0.25) is 0 Å². The molecule has 0 bridgehead atoms. The van der Waals surface area contributed by atoms with Gasteiger partial charge in [0, 0.05) is 31.9 Å². The molecule has 11 heteroatoms. The molecule has 3 N–H and O–H groups in total. The summed E-state index contributed by atoms with van der Waals surface area (Å²) in [6.45, 7) is 6.35. The molecule has 1 saturated heterocycles. The summed E-state index contributed by atoms with van der Waals surface area (Å²) in [5.74, 6) is 0.686. The highest BCUT2D eigenvalue weighted by Crippen LogP contribution is 2.14. The number of nitrogens with zero attached hydrogens (tertiary/aromatic N) is 5. The van der Waals surface area contributed by atoms with Crippen LogP contribution in [0.2, 0.25) is 0 Å². The fraction of sp³-hybridized carbons (Fsp3) is 0.350. The van der Waals surface area contributed by atoms with E-state index >= 15 is 0 Å². The molecule has 1 aliphatic heterocycles. The second-order valence-electron chi connectivity index (χ2n) is 6.80. The molecule has 1 aliphatic rings. The average molecular weight is 444 g/mol. The number of hydrogen-bond donors (Lipinski definition) is 3. The van der Waals surface area contributed by atoms with Gasteiger partial charge in [-0.15, -0.1) is 0 Å². The number of carbonyl (C=O) groups is 1. The number of carbonyl (C=O) groups excluding carboxylic acids is 1. The van der Waals surface area contributed by atoms with E-state index in [0.29, 0.717) is 44.3 Å². The normalized spacial score (nSPS) is 14.2. The first-order valence-corrected chi connectivity index (χ1v) is 10.3. The van der Waals surface area contributed by atoms with E-state index in [1.807, 2.05) is 41.6 Å². The Bertz CT molecular complexity index is 944. The first-order valence-electron chi connectivity index (χ1n) is 9.85. The summed E-state index contributed by atoms with van der Waals surface area (Å²) < 4.78 is 5.04. The Kier molecular flexibility index (Phi) is 7.68. The minimum atomic E-state index is -0.310. The summed E-state index contributed by atoms with van der Waals surface area (Å²) >= 11 is 5.27. The van der Waals surface area contributed by atoms with E-state index in [9.17, 15) is 10.0 Å². The molecule has 0 atom stereocenters. The zero-order valence-electron chi connectivity index (χ0n) is 17.4. The van der Waals surface area contributed by atoms with Gasteiger partial charge in [-0.05, 0) is 38.2 Å². The number of amidine groups is 1. The number of anilines is 2. The van der Waals surface area contributed by atoms with Crippen LogP contribution in [-0.2, 0) is 4.74 Å². The second-order valence-corrected chi connectivity index (χ2v) is 7.19. The fourth-order valence-corrected chi connectivity index (χ4v) is 3.19. The van der Waals surface area contributed by atoms with E-state index in [1.54, 1.807) is 18.0 Å². The Labute approximate surface area is 185 Å². The van der Waals surface area contributed by atoms with Gasteiger partial charge in [-0.3, -0.25) is 15.7 Å². The lowest BCUT2D eigenvalue weighted by Crippen LogP contribution is -2.49. The second kappa shape index (κ2) is 10.6. The van der Waals surface area contributed by atoms with Crippen molar-refractivity contribution in [1.82, 2.24) is 20.3 Å². The highest BCUT2D eigenvalue weighted by molar-refractivity contribution is 7.80. The molecule has 3 rings (SSSR count). The van der Waals surface area contributed by atoms with Gasteiger partial charge in [0.05, 0.1) is 19.0 Å². The van der Waals surface area contributed by atoms with Crippen molar-refractivity contribution in [1.29, 1.82) is 0 Å². The number of thiocarbonyl (C=S) groups is 1. The summed E-state index contributed by atoms with van der Waals surface area (Å²) in [7, 11) is 0. The van der Waals surface area contributed by atoms with E-state index in [4.69, 9.17) is 17.0 Å². The minimum Gasteiger partial charge on any atom is -0.450 e. The van der Waals surface area contributed by atoms with Crippen molar-refractivity contribution in [2.45, 2.75) is 13.8 Å². The van der Waals surface area contributed by atoms with Gasteiger partial charge in [-0.2, -0.15) is 4.99 Å². The molecule has 2 heterocycles. The van der Waals surface area contributed by atoms with E-state index in [-0.39, 0.29) is 17.0 Å². The molecule has 1 amide bonds. The number of benzene rings is 1. The van der Waals surface area contributed by atoms with Crippen molar-refractivity contribution in [2.24, 2.45) is 4.99 Å². The lowest BCUT2D eigenvalue weighted by atomic mass is 10.2. The molecule has 10 nitrogen and oxygen atoms in total. The van der Waals surface area contributed by atoms with Crippen molar-refractivity contribution < 1.29 is 14.7 Å².